The lowest BCUT2D eigenvalue weighted by atomic mass is 10.1. The van der Waals surface area contributed by atoms with Gasteiger partial charge in [0.15, 0.2) is 0 Å². The zero-order valence-electron chi connectivity index (χ0n) is 16.0. The Hall–Kier alpha value is -2.61. The van der Waals surface area contributed by atoms with Crippen molar-refractivity contribution in [1.29, 1.82) is 5.26 Å². The number of aryl methyl sites for hydroxylation is 3. The van der Waals surface area contributed by atoms with E-state index in [1.807, 2.05) is 36.7 Å². The molecule has 0 radical (unpaired) electrons. The van der Waals surface area contributed by atoms with Crippen LogP contribution in [-0.4, -0.2) is 21.7 Å². The van der Waals surface area contributed by atoms with E-state index in [4.69, 9.17) is 5.26 Å². The Labute approximate surface area is 156 Å². The summed E-state index contributed by atoms with van der Waals surface area (Å²) in [5, 5.41) is 16.3. The summed E-state index contributed by atoms with van der Waals surface area (Å²) in [4.78, 5) is 12.3. The zero-order chi connectivity index (χ0) is 18.9. The van der Waals surface area contributed by atoms with Crippen molar-refractivity contribution in [3.05, 3.63) is 52.8 Å². The van der Waals surface area contributed by atoms with E-state index >= 15 is 0 Å². The van der Waals surface area contributed by atoms with E-state index in [1.54, 1.807) is 0 Å². The fourth-order valence-electron chi connectivity index (χ4n) is 3.15. The van der Waals surface area contributed by atoms with Crippen molar-refractivity contribution >= 4 is 5.91 Å². The summed E-state index contributed by atoms with van der Waals surface area (Å²) in [5.41, 5.74) is 4.42. The van der Waals surface area contributed by atoms with Gasteiger partial charge in [0.1, 0.15) is 0 Å². The molecule has 0 aliphatic rings. The Morgan fingerprint density at radius 2 is 2.00 bits per heavy atom. The minimum absolute atomic E-state index is 0.0779. The van der Waals surface area contributed by atoms with Crippen LogP contribution in [0.1, 0.15) is 48.7 Å². The van der Waals surface area contributed by atoms with Gasteiger partial charge in [0, 0.05) is 18.2 Å². The van der Waals surface area contributed by atoms with Crippen LogP contribution in [0.3, 0.4) is 0 Å². The number of rotatable bonds is 9. The van der Waals surface area contributed by atoms with Crippen LogP contribution >= 0.6 is 0 Å². The van der Waals surface area contributed by atoms with E-state index in [1.165, 1.54) is 5.56 Å². The largest absolute Gasteiger partial charge is 0.354 e. The van der Waals surface area contributed by atoms with Crippen molar-refractivity contribution < 1.29 is 4.79 Å². The third kappa shape index (κ3) is 5.73. The highest BCUT2D eigenvalue weighted by Crippen LogP contribution is 2.15. The molecule has 1 unspecified atom stereocenters. The molecular formula is C21H28N4O. The molecular weight excluding hydrogens is 324 g/mol. The Balaban J connectivity index is 1.79. The second kappa shape index (κ2) is 9.76. The minimum Gasteiger partial charge on any atom is -0.354 e. The van der Waals surface area contributed by atoms with Gasteiger partial charge >= 0.3 is 0 Å². The highest BCUT2D eigenvalue weighted by atomic mass is 16.1. The Morgan fingerprint density at radius 3 is 2.69 bits per heavy atom. The summed E-state index contributed by atoms with van der Waals surface area (Å²) >= 11 is 0. The summed E-state index contributed by atoms with van der Waals surface area (Å²) < 4.78 is 1.87. The van der Waals surface area contributed by atoms with E-state index in [0.717, 1.165) is 29.8 Å². The molecule has 2 aromatic rings. The van der Waals surface area contributed by atoms with E-state index < -0.39 is 0 Å². The Kier molecular flexibility index (Phi) is 7.40. The summed E-state index contributed by atoms with van der Waals surface area (Å²) in [5.74, 6) is 0.0779. The quantitative estimate of drug-likeness (QED) is 0.751. The number of carbonyl (C=O) groups is 1. The van der Waals surface area contributed by atoms with Gasteiger partial charge < -0.3 is 5.32 Å². The molecule has 1 heterocycles. The van der Waals surface area contributed by atoms with Crippen LogP contribution in [0.2, 0.25) is 0 Å². The molecule has 0 bridgehead atoms. The van der Waals surface area contributed by atoms with Gasteiger partial charge in [0.05, 0.1) is 24.7 Å². The van der Waals surface area contributed by atoms with E-state index in [2.05, 4.69) is 35.5 Å². The smallest absolute Gasteiger partial charge is 0.220 e. The molecule has 26 heavy (non-hydrogen) atoms. The van der Waals surface area contributed by atoms with E-state index in [0.29, 0.717) is 25.8 Å². The van der Waals surface area contributed by atoms with E-state index in [-0.39, 0.29) is 11.9 Å². The van der Waals surface area contributed by atoms with Crippen molar-refractivity contribution in [2.45, 2.75) is 65.5 Å². The predicted molar refractivity (Wildman–Crippen MR) is 103 cm³/mol. The van der Waals surface area contributed by atoms with Gasteiger partial charge in [-0.05, 0) is 51.2 Å². The normalized spacial score (nSPS) is 11.8. The lowest BCUT2D eigenvalue weighted by molar-refractivity contribution is -0.121. The van der Waals surface area contributed by atoms with Crippen LogP contribution in [0.4, 0.5) is 0 Å². The standard InChI is InChI=1S/C21H28N4O/c1-16(10-11-19-8-5-4-6-9-19)23-21(26)13-12-20-17(2)24-25(18(20)3)15-7-14-22/h4-6,8-9,16H,7,10-13,15H2,1-3H3,(H,23,26). The van der Waals surface area contributed by atoms with Crippen molar-refractivity contribution in [1.82, 2.24) is 15.1 Å². The van der Waals surface area contributed by atoms with Gasteiger partial charge in [-0.1, -0.05) is 30.3 Å². The number of carbonyl (C=O) groups excluding carboxylic acids is 1. The first kappa shape index (κ1) is 19.7. The van der Waals surface area contributed by atoms with Crippen LogP contribution < -0.4 is 5.32 Å². The summed E-state index contributed by atoms with van der Waals surface area (Å²) in [6.45, 7) is 6.63. The molecule has 5 heteroatoms. The fourth-order valence-corrected chi connectivity index (χ4v) is 3.15. The van der Waals surface area contributed by atoms with Gasteiger partial charge in [-0.25, -0.2) is 0 Å². The first-order valence-electron chi connectivity index (χ1n) is 9.24. The third-order valence-corrected chi connectivity index (χ3v) is 4.69. The van der Waals surface area contributed by atoms with Crippen LogP contribution in [0.25, 0.3) is 0 Å². The van der Waals surface area contributed by atoms with Gasteiger partial charge in [-0.3, -0.25) is 9.48 Å². The fraction of sp³-hybridized carbons (Fsp3) is 0.476. The second-order valence-corrected chi connectivity index (χ2v) is 6.77. The molecule has 0 spiro atoms. The number of aromatic nitrogens is 2. The Bertz CT molecular complexity index is 758. The van der Waals surface area contributed by atoms with Gasteiger partial charge in [-0.15, -0.1) is 0 Å². The second-order valence-electron chi connectivity index (χ2n) is 6.77. The van der Waals surface area contributed by atoms with Crippen molar-refractivity contribution in [2.24, 2.45) is 0 Å². The van der Waals surface area contributed by atoms with Crippen LogP contribution in [0, 0.1) is 25.2 Å². The molecule has 5 nitrogen and oxygen atoms in total. The lowest BCUT2D eigenvalue weighted by Crippen LogP contribution is -2.33. The number of hydrogen-bond acceptors (Lipinski definition) is 3. The molecule has 0 aliphatic carbocycles. The first-order chi connectivity index (χ1) is 12.5. The highest BCUT2D eigenvalue weighted by Gasteiger charge is 2.14. The predicted octanol–water partition coefficient (Wildman–Crippen LogP) is 3.48. The summed E-state index contributed by atoms with van der Waals surface area (Å²) in [6, 6.07) is 12.6. The average molecular weight is 352 g/mol. The minimum atomic E-state index is 0.0779. The van der Waals surface area contributed by atoms with Gasteiger partial charge in [0.2, 0.25) is 5.91 Å². The summed E-state index contributed by atoms with van der Waals surface area (Å²) in [7, 11) is 0. The molecule has 0 aliphatic heterocycles. The van der Waals surface area contributed by atoms with E-state index in [9.17, 15) is 4.79 Å². The molecule has 1 aromatic heterocycles. The molecule has 1 amide bonds. The molecule has 1 N–H and O–H groups in total. The summed E-state index contributed by atoms with van der Waals surface area (Å²) in [6.07, 6.45) is 3.48. The molecule has 0 saturated heterocycles. The van der Waals surface area contributed by atoms with Gasteiger partial charge in [-0.2, -0.15) is 10.4 Å². The van der Waals surface area contributed by atoms with Crippen LogP contribution in [-0.2, 0) is 24.2 Å². The molecule has 1 atom stereocenters. The van der Waals surface area contributed by atoms with Crippen molar-refractivity contribution in [3.8, 4) is 6.07 Å². The maximum atomic E-state index is 12.3. The lowest BCUT2D eigenvalue weighted by Gasteiger charge is -2.14. The number of hydrogen-bond donors (Lipinski definition) is 1. The van der Waals surface area contributed by atoms with Gasteiger partial charge in [0.25, 0.3) is 0 Å². The number of benzene rings is 1. The van der Waals surface area contributed by atoms with Crippen LogP contribution in [0.5, 0.6) is 0 Å². The molecule has 1 aromatic carbocycles. The molecule has 0 fully saturated rings. The maximum absolute atomic E-state index is 12.3. The number of amides is 1. The Morgan fingerprint density at radius 1 is 1.27 bits per heavy atom. The monoisotopic (exact) mass is 352 g/mol. The third-order valence-electron chi connectivity index (χ3n) is 4.69. The average Bonchev–Trinajstić information content (AvgIpc) is 2.90. The van der Waals surface area contributed by atoms with Crippen molar-refractivity contribution in [3.63, 3.8) is 0 Å². The molecule has 0 saturated carbocycles. The maximum Gasteiger partial charge on any atom is 0.220 e. The SMILES string of the molecule is Cc1nn(CCC#N)c(C)c1CCC(=O)NC(C)CCc1ccccc1. The highest BCUT2D eigenvalue weighted by molar-refractivity contribution is 5.76. The van der Waals surface area contributed by atoms with Crippen LogP contribution in [0.15, 0.2) is 30.3 Å². The molecule has 2 rings (SSSR count). The zero-order valence-corrected chi connectivity index (χ0v) is 16.0. The molecule has 138 valence electrons. The number of nitriles is 1. The number of nitrogens with zero attached hydrogens (tertiary/aromatic N) is 3. The first-order valence-corrected chi connectivity index (χ1v) is 9.24. The topological polar surface area (TPSA) is 70.7 Å². The number of nitrogens with one attached hydrogen (secondary N) is 1. The van der Waals surface area contributed by atoms with Crippen molar-refractivity contribution in [2.75, 3.05) is 0 Å².